The highest BCUT2D eigenvalue weighted by Gasteiger charge is 2.34. The van der Waals surface area contributed by atoms with E-state index in [1.807, 2.05) is 0 Å². The Morgan fingerprint density at radius 3 is 2.61 bits per heavy atom. The third-order valence-corrected chi connectivity index (χ3v) is 6.11. The van der Waals surface area contributed by atoms with Crippen LogP contribution in [0, 0.1) is 11.7 Å². The second kappa shape index (κ2) is 9.87. The summed E-state index contributed by atoms with van der Waals surface area (Å²) in [4.78, 5) is 38.0. The van der Waals surface area contributed by atoms with Gasteiger partial charge < -0.3 is 5.32 Å². The number of carbonyl (C=O) groups excluding carboxylic acids is 3. The van der Waals surface area contributed by atoms with Gasteiger partial charge in [-0.3, -0.25) is 19.3 Å². The fourth-order valence-corrected chi connectivity index (χ4v) is 4.47. The topological polar surface area (TPSA) is 66.5 Å². The predicted molar refractivity (Wildman–Crippen MR) is 108 cm³/mol. The molecule has 0 spiro atoms. The van der Waals surface area contributed by atoms with Crippen LogP contribution in [0.25, 0.3) is 6.08 Å². The van der Waals surface area contributed by atoms with Gasteiger partial charge in [0, 0.05) is 19.5 Å². The van der Waals surface area contributed by atoms with Gasteiger partial charge in [-0.25, -0.2) is 4.39 Å². The average Bonchev–Trinajstić information content (AvgIpc) is 2.96. The lowest BCUT2D eigenvalue weighted by atomic mass is 9.86. The van der Waals surface area contributed by atoms with E-state index in [2.05, 4.69) is 5.32 Å². The molecule has 7 heteroatoms. The van der Waals surface area contributed by atoms with Crippen molar-refractivity contribution in [2.75, 3.05) is 13.1 Å². The SMILES string of the molecule is O=C(CCC1CCCCC1)NCCN1C(=O)S/C(=C\c2ccc(F)cc2)C1=O. The quantitative estimate of drug-likeness (QED) is 0.687. The van der Waals surface area contributed by atoms with E-state index in [9.17, 15) is 18.8 Å². The molecule has 0 unspecified atom stereocenters. The van der Waals surface area contributed by atoms with E-state index in [-0.39, 0.29) is 36.0 Å². The van der Waals surface area contributed by atoms with Crippen LogP contribution in [0.2, 0.25) is 0 Å². The molecule has 150 valence electrons. The summed E-state index contributed by atoms with van der Waals surface area (Å²) in [6.45, 7) is 0.409. The van der Waals surface area contributed by atoms with E-state index in [0.717, 1.165) is 23.1 Å². The fraction of sp³-hybridized carbons (Fsp3) is 0.476. The maximum Gasteiger partial charge on any atom is 0.293 e. The van der Waals surface area contributed by atoms with Gasteiger partial charge in [-0.2, -0.15) is 0 Å². The summed E-state index contributed by atoms with van der Waals surface area (Å²) in [7, 11) is 0. The molecule has 1 aliphatic carbocycles. The Balaban J connectivity index is 1.44. The minimum atomic E-state index is -0.379. The van der Waals surface area contributed by atoms with Gasteiger partial charge in [0.05, 0.1) is 4.91 Å². The molecule has 3 amide bonds. The van der Waals surface area contributed by atoms with Crippen LogP contribution in [0.4, 0.5) is 9.18 Å². The van der Waals surface area contributed by atoms with Crippen LogP contribution in [0.1, 0.15) is 50.5 Å². The molecule has 1 saturated carbocycles. The molecular formula is C21H25FN2O3S. The van der Waals surface area contributed by atoms with E-state index in [0.29, 0.717) is 22.8 Å². The molecule has 28 heavy (non-hydrogen) atoms. The number of hydrogen-bond donors (Lipinski definition) is 1. The van der Waals surface area contributed by atoms with E-state index < -0.39 is 0 Å². The molecule has 1 heterocycles. The monoisotopic (exact) mass is 404 g/mol. The molecule has 0 aromatic heterocycles. The van der Waals surface area contributed by atoms with Crippen LogP contribution in [0.3, 0.4) is 0 Å². The van der Waals surface area contributed by atoms with Crippen LogP contribution >= 0.6 is 11.8 Å². The van der Waals surface area contributed by atoms with Crippen LogP contribution in [-0.4, -0.2) is 35.0 Å². The van der Waals surface area contributed by atoms with E-state index in [1.54, 1.807) is 18.2 Å². The fourth-order valence-electron chi connectivity index (χ4n) is 3.61. The molecule has 1 saturated heterocycles. The van der Waals surface area contributed by atoms with Crippen molar-refractivity contribution in [2.24, 2.45) is 5.92 Å². The summed E-state index contributed by atoms with van der Waals surface area (Å²) in [6, 6.07) is 5.71. The maximum absolute atomic E-state index is 13.0. The summed E-state index contributed by atoms with van der Waals surface area (Å²) in [5.41, 5.74) is 0.655. The van der Waals surface area contributed by atoms with Crippen LogP contribution in [0.15, 0.2) is 29.2 Å². The average molecular weight is 405 g/mol. The number of rotatable bonds is 7. The normalized spacial score (nSPS) is 19.5. The molecular weight excluding hydrogens is 379 g/mol. The molecule has 0 atom stereocenters. The van der Waals surface area contributed by atoms with Gasteiger partial charge in [0.2, 0.25) is 5.91 Å². The van der Waals surface area contributed by atoms with Crippen molar-refractivity contribution in [3.63, 3.8) is 0 Å². The molecule has 0 radical (unpaired) electrons. The molecule has 2 aliphatic rings. The zero-order valence-electron chi connectivity index (χ0n) is 15.8. The molecule has 0 bridgehead atoms. The Morgan fingerprint density at radius 2 is 1.89 bits per heavy atom. The Kier molecular flexibility index (Phi) is 7.25. The van der Waals surface area contributed by atoms with Gasteiger partial charge in [-0.15, -0.1) is 0 Å². The zero-order valence-corrected chi connectivity index (χ0v) is 16.6. The van der Waals surface area contributed by atoms with Crippen molar-refractivity contribution < 1.29 is 18.8 Å². The minimum absolute atomic E-state index is 0.0283. The van der Waals surface area contributed by atoms with Gasteiger partial charge in [-0.1, -0.05) is 44.2 Å². The van der Waals surface area contributed by atoms with Crippen molar-refractivity contribution in [1.29, 1.82) is 0 Å². The van der Waals surface area contributed by atoms with Crippen LogP contribution in [0.5, 0.6) is 0 Å². The third-order valence-electron chi connectivity index (χ3n) is 5.20. The van der Waals surface area contributed by atoms with Crippen LogP contribution in [-0.2, 0) is 9.59 Å². The minimum Gasteiger partial charge on any atom is -0.354 e. The summed E-state index contributed by atoms with van der Waals surface area (Å²) in [5.74, 6) is -0.114. The molecule has 1 N–H and O–H groups in total. The van der Waals surface area contributed by atoms with Crippen molar-refractivity contribution in [3.05, 3.63) is 40.6 Å². The van der Waals surface area contributed by atoms with Gasteiger partial charge in [0.15, 0.2) is 0 Å². The molecule has 1 aliphatic heterocycles. The lowest BCUT2D eigenvalue weighted by Gasteiger charge is -2.21. The number of thioether (sulfide) groups is 1. The van der Waals surface area contributed by atoms with Gasteiger partial charge in [0.25, 0.3) is 11.1 Å². The number of imide groups is 1. The third kappa shape index (κ3) is 5.67. The first-order valence-electron chi connectivity index (χ1n) is 9.80. The molecule has 2 fully saturated rings. The van der Waals surface area contributed by atoms with Gasteiger partial charge in [-0.05, 0) is 47.9 Å². The highest BCUT2D eigenvalue weighted by molar-refractivity contribution is 8.18. The Hall–Kier alpha value is -2.15. The summed E-state index contributed by atoms with van der Waals surface area (Å²) < 4.78 is 13.0. The largest absolute Gasteiger partial charge is 0.354 e. The van der Waals surface area contributed by atoms with Crippen molar-refractivity contribution in [1.82, 2.24) is 10.2 Å². The number of amides is 3. The first-order valence-corrected chi connectivity index (χ1v) is 10.6. The van der Waals surface area contributed by atoms with Crippen molar-refractivity contribution >= 4 is 34.9 Å². The number of hydrogen-bond acceptors (Lipinski definition) is 4. The van der Waals surface area contributed by atoms with E-state index in [1.165, 1.54) is 44.2 Å². The van der Waals surface area contributed by atoms with E-state index in [4.69, 9.17) is 0 Å². The number of carbonyl (C=O) groups is 3. The van der Waals surface area contributed by atoms with Crippen molar-refractivity contribution in [2.45, 2.75) is 44.9 Å². The number of halogens is 1. The predicted octanol–water partition coefficient (Wildman–Crippen LogP) is 4.34. The molecule has 1 aromatic rings. The first kappa shape index (κ1) is 20.6. The van der Waals surface area contributed by atoms with Crippen molar-refractivity contribution in [3.8, 4) is 0 Å². The Morgan fingerprint density at radius 1 is 1.18 bits per heavy atom. The standard InChI is InChI=1S/C21H25FN2O3S/c22-17-9-6-16(7-10-17)14-18-20(26)24(21(27)28-18)13-12-23-19(25)11-8-15-4-2-1-3-5-15/h6-7,9-10,14-15H,1-5,8,11-13H2,(H,23,25)/b18-14-. The molecule has 3 rings (SSSR count). The number of benzene rings is 1. The summed E-state index contributed by atoms with van der Waals surface area (Å²) in [5, 5.41) is 2.45. The zero-order chi connectivity index (χ0) is 19.9. The summed E-state index contributed by atoms with van der Waals surface area (Å²) in [6.07, 6.45) is 9.23. The van der Waals surface area contributed by atoms with E-state index >= 15 is 0 Å². The summed E-state index contributed by atoms with van der Waals surface area (Å²) >= 11 is 0.861. The highest BCUT2D eigenvalue weighted by Crippen LogP contribution is 2.32. The second-order valence-electron chi connectivity index (χ2n) is 7.28. The number of nitrogens with one attached hydrogen (secondary N) is 1. The van der Waals surface area contributed by atoms with Gasteiger partial charge in [0.1, 0.15) is 5.82 Å². The first-order chi connectivity index (χ1) is 13.5. The maximum atomic E-state index is 13.0. The van der Waals surface area contributed by atoms with Crippen LogP contribution < -0.4 is 5.32 Å². The second-order valence-corrected chi connectivity index (χ2v) is 8.27. The lowest BCUT2D eigenvalue weighted by Crippen LogP contribution is -2.37. The lowest BCUT2D eigenvalue weighted by molar-refractivity contribution is -0.124. The smallest absolute Gasteiger partial charge is 0.293 e. The molecule has 5 nitrogen and oxygen atoms in total. The number of nitrogens with zero attached hydrogens (tertiary/aromatic N) is 1. The molecule has 1 aromatic carbocycles. The van der Waals surface area contributed by atoms with Gasteiger partial charge >= 0.3 is 0 Å². The Labute approximate surface area is 168 Å². The highest BCUT2D eigenvalue weighted by atomic mass is 32.2. The Bertz CT molecular complexity index is 757.